The zero-order valence-corrected chi connectivity index (χ0v) is 13.3. The number of furan rings is 1. The average molecular weight is 319 g/mol. The lowest BCUT2D eigenvalue weighted by Crippen LogP contribution is -2.18. The summed E-state index contributed by atoms with van der Waals surface area (Å²) in [6, 6.07) is 1.65. The molecule has 3 rings (SSSR count). The number of nitrogens with zero attached hydrogens (tertiary/aromatic N) is 1. The van der Waals surface area contributed by atoms with Crippen LogP contribution in [0, 0.1) is 6.92 Å². The number of hydrogen-bond donors (Lipinski definition) is 2. The Labute approximate surface area is 131 Å². The molecule has 0 atom stereocenters. The molecule has 6 nitrogen and oxygen atoms in total. The molecule has 2 aromatic rings. The van der Waals surface area contributed by atoms with Crippen LogP contribution in [-0.2, 0) is 24.2 Å². The number of amides is 2. The minimum atomic E-state index is -0.234. The van der Waals surface area contributed by atoms with Gasteiger partial charge in [-0.05, 0) is 32.3 Å². The lowest BCUT2D eigenvalue weighted by atomic mass is 10.2. The summed E-state index contributed by atoms with van der Waals surface area (Å²) >= 11 is 1.54. The summed E-state index contributed by atoms with van der Waals surface area (Å²) in [6.07, 6.45) is 3.19. The topological polar surface area (TPSA) is 84.2 Å². The Balaban J connectivity index is 1.70. The fraction of sp³-hybridized carbons (Fsp3) is 0.400. The number of thiazole rings is 1. The van der Waals surface area contributed by atoms with Gasteiger partial charge in [-0.15, -0.1) is 11.3 Å². The van der Waals surface area contributed by atoms with Gasteiger partial charge < -0.3 is 9.73 Å². The van der Waals surface area contributed by atoms with E-state index in [0.717, 1.165) is 25.0 Å². The Kier molecular flexibility index (Phi) is 3.98. The molecular formula is C15H17N3O3S. The number of hydrogen-bond acceptors (Lipinski definition) is 5. The smallest absolute Gasteiger partial charge is 0.260 e. The van der Waals surface area contributed by atoms with Crippen LogP contribution in [0.1, 0.15) is 45.8 Å². The second-order valence-electron chi connectivity index (χ2n) is 5.29. The summed E-state index contributed by atoms with van der Waals surface area (Å²) in [5, 5.41) is 6.11. The maximum Gasteiger partial charge on any atom is 0.260 e. The van der Waals surface area contributed by atoms with Crippen molar-refractivity contribution in [3.8, 4) is 0 Å². The van der Waals surface area contributed by atoms with Gasteiger partial charge in [0.2, 0.25) is 5.91 Å². The zero-order valence-electron chi connectivity index (χ0n) is 12.5. The molecule has 0 radical (unpaired) electrons. The molecule has 2 amide bonds. The Morgan fingerprint density at radius 3 is 2.95 bits per heavy atom. The molecule has 0 fully saturated rings. The number of nitrogens with one attached hydrogen (secondary N) is 2. The maximum atomic E-state index is 12.3. The largest absolute Gasteiger partial charge is 0.464 e. The summed E-state index contributed by atoms with van der Waals surface area (Å²) in [4.78, 5) is 29.0. The molecule has 2 N–H and O–H groups in total. The highest BCUT2D eigenvalue weighted by atomic mass is 32.1. The molecule has 1 aliphatic rings. The van der Waals surface area contributed by atoms with Crippen LogP contribution in [0.2, 0.25) is 0 Å². The number of aryl methyl sites for hydroxylation is 3. The van der Waals surface area contributed by atoms with Crippen molar-refractivity contribution in [1.82, 2.24) is 10.3 Å². The van der Waals surface area contributed by atoms with Gasteiger partial charge in [0.05, 0.1) is 17.8 Å². The van der Waals surface area contributed by atoms with E-state index in [0.29, 0.717) is 22.2 Å². The van der Waals surface area contributed by atoms with Crippen LogP contribution in [-0.4, -0.2) is 16.8 Å². The number of carbonyl (C=O) groups is 2. The lowest BCUT2D eigenvalue weighted by Gasteiger charge is -1.99. The van der Waals surface area contributed by atoms with Gasteiger partial charge in [-0.25, -0.2) is 4.98 Å². The number of fused-ring (bicyclic) bond motifs is 1. The van der Waals surface area contributed by atoms with E-state index in [-0.39, 0.29) is 18.4 Å². The molecule has 22 heavy (non-hydrogen) atoms. The predicted molar refractivity (Wildman–Crippen MR) is 83.1 cm³/mol. The first-order chi connectivity index (χ1) is 10.5. The highest BCUT2D eigenvalue weighted by molar-refractivity contribution is 7.16. The summed E-state index contributed by atoms with van der Waals surface area (Å²) in [5.74, 6) is 0.710. The molecule has 0 saturated heterocycles. The SMILES string of the molecule is CC(=O)NCc1cc(C(=O)Nc2nc3c(s2)CCC3)c(C)o1. The van der Waals surface area contributed by atoms with Crippen molar-refractivity contribution >= 4 is 28.3 Å². The minimum absolute atomic E-state index is 0.141. The van der Waals surface area contributed by atoms with Crippen LogP contribution < -0.4 is 10.6 Å². The van der Waals surface area contributed by atoms with Gasteiger partial charge in [0, 0.05) is 11.8 Å². The Morgan fingerprint density at radius 2 is 2.23 bits per heavy atom. The standard InChI is InChI=1S/C15H17N3O3S/c1-8-11(6-10(21-8)7-16-9(2)19)14(20)18-15-17-12-4-3-5-13(12)22-15/h6H,3-5,7H2,1-2H3,(H,16,19)(H,17,18,20). The van der Waals surface area contributed by atoms with E-state index in [2.05, 4.69) is 15.6 Å². The quantitative estimate of drug-likeness (QED) is 0.906. The Morgan fingerprint density at radius 1 is 1.41 bits per heavy atom. The molecule has 7 heteroatoms. The fourth-order valence-electron chi connectivity index (χ4n) is 2.48. The highest BCUT2D eigenvalue weighted by Crippen LogP contribution is 2.30. The van der Waals surface area contributed by atoms with Crippen LogP contribution in [0.15, 0.2) is 10.5 Å². The van der Waals surface area contributed by atoms with Crippen LogP contribution in [0.25, 0.3) is 0 Å². The first kappa shape index (κ1) is 14.8. The highest BCUT2D eigenvalue weighted by Gasteiger charge is 2.20. The molecular weight excluding hydrogens is 302 g/mol. The zero-order chi connectivity index (χ0) is 15.7. The molecule has 0 spiro atoms. The van der Waals surface area contributed by atoms with E-state index >= 15 is 0 Å². The van der Waals surface area contributed by atoms with E-state index < -0.39 is 0 Å². The van der Waals surface area contributed by atoms with Crippen LogP contribution in [0.5, 0.6) is 0 Å². The van der Waals surface area contributed by atoms with E-state index in [1.54, 1.807) is 24.3 Å². The van der Waals surface area contributed by atoms with Gasteiger partial charge in [-0.2, -0.15) is 0 Å². The second kappa shape index (κ2) is 5.92. The molecule has 0 saturated carbocycles. The number of anilines is 1. The minimum Gasteiger partial charge on any atom is -0.464 e. The van der Waals surface area contributed by atoms with Crippen LogP contribution in [0.3, 0.4) is 0 Å². The van der Waals surface area contributed by atoms with Crippen molar-refractivity contribution in [2.75, 3.05) is 5.32 Å². The molecule has 0 bridgehead atoms. The maximum absolute atomic E-state index is 12.3. The molecule has 0 aliphatic heterocycles. The summed E-state index contributed by atoms with van der Waals surface area (Å²) < 4.78 is 5.49. The third-order valence-electron chi connectivity index (χ3n) is 3.54. The molecule has 2 aromatic heterocycles. The van der Waals surface area contributed by atoms with Crippen LogP contribution >= 0.6 is 11.3 Å². The van der Waals surface area contributed by atoms with Gasteiger partial charge in [0.25, 0.3) is 5.91 Å². The van der Waals surface area contributed by atoms with Crippen molar-refractivity contribution in [2.45, 2.75) is 39.7 Å². The lowest BCUT2D eigenvalue weighted by molar-refractivity contribution is -0.119. The van der Waals surface area contributed by atoms with E-state index in [9.17, 15) is 9.59 Å². The van der Waals surface area contributed by atoms with Gasteiger partial charge in [-0.1, -0.05) is 0 Å². The van der Waals surface area contributed by atoms with Crippen molar-refractivity contribution in [3.05, 3.63) is 33.7 Å². The molecule has 116 valence electrons. The van der Waals surface area contributed by atoms with Crippen molar-refractivity contribution in [2.24, 2.45) is 0 Å². The van der Waals surface area contributed by atoms with Gasteiger partial charge in [0.15, 0.2) is 5.13 Å². The summed E-state index contributed by atoms with van der Waals surface area (Å²) in [5.41, 5.74) is 1.58. The molecule has 0 aromatic carbocycles. The number of aromatic nitrogens is 1. The van der Waals surface area contributed by atoms with E-state index in [1.807, 2.05) is 0 Å². The molecule has 2 heterocycles. The van der Waals surface area contributed by atoms with Gasteiger partial charge >= 0.3 is 0 Å². The Hall–Kier alpha value is -2.15. The van der Waals surface area contributed by atoms with Gasteiger partial charge in [0.1, 0.15) is 11.5 Å². The van der Waals surface area contributed by atoms with Gasteiger partial charge in [-0.3, -0.25) is 14.9 Å². The molecule has 1 aliphatic carbocycles. The third kappa shape index (κ3) is 3.04. The van der Waals surface area contributed by atoms with E-state index in [1.165, 1.54) is 11.8 Å². The summed E-state index contributed by atoms with van der Waals surface area (Å²) in [6.45, 7) is 3.44. The predicted octanol–water partition coefficient (Wildman–Crippen LogP) is 2.42. The first-order valence-corrected chi connectivity index (χ1v) is 7.98. The Bertz CT molecular complexity index is 711. The van der Waals surface area contributed by atoms with Crippen molar-refractivity contribution < 1.29 is 14.0 Å². The first-order valence-electron chi connectivity index (χ1n) is 7.16. The second-order valence-corrected chi connectivity index (χ2v) is 6.37. The van der Waals surface area contributed by atoms with Crippen LogP contribution in [0.4, 0.5) is 5.13 Å². The molecule has 0 unspecified atom stereocenters. The third-order valence-corrected chi connectivity index (χ3v) is 4.61. The monoisotopic (exact) mass is 319 g/mol. The number of rotatable bonds is 4. The van der Waals surface area contributed by atoms with Crippen molar-refractivity contribution in [1.29, 1.82) is 0 Å². The fourth-order valence-corrected chi connectivity index (χ4v) is 3.52. The summed E-state index contributed by atoms with van der Waals surface area (Å²) in [7, 11) is 0. The number of carbonyl (C=O) groups excluding carboxylic acids is 2. The van der Waals surface area contributed by atoms with E-state index in [4.69, 9.17) is 4.42 Å². The average Bonchev–Trinajstić information content (AvgIpc) is 3.10. The normalized spacial score (nSPS) is 13.0. The van der Waals surface area contributed by atoms with Crippen molar-refractivity contribution in [3.63, 3.8) is 0 Å².